The number of alkyl halides is 3. The molecule has 0 aliphatic carbocycles. The maximum absolute atomic E-state index is 12.6. The second kappa shape index (κ2) is 9.19. The maximum Gasteiger partial charge on any atom is 0.511 e. The Kier molecular flexibility index (Phi) is 7.40. The van der Waals surface area contributed by atoms with E-state index in [1.165, 1.54) is 7.11 Å². The Hall–Kier alpha value is -1.72. The van der Waals surface area contributed by atoms with Gasteiger partial charge in [-0.15, -0.1) is 0 Å². The highest BCUT2D eigenvalue weighted by Crippen LogP contribution is 2.29. The number of halogens is 4. The van der Waals surface area contributed by atoms with Crippen molar-refractivity contribution in [3.63, 3.8) is 0 Å². The lowest BCUT2D eigenvalue weighted by Gasteiger charge is -2.32. The quantitative estimate of drug-likeness (QED) is 0.540. The fourth-order valence-corrected chi connectivity index (χ4v) is 3.96. The Morgan fingerprint density at radius 3 is 2.54 bits per heavy atom. The number of hydrogen-bond acceptors (Lipinski definition) is 4. The van der Waals surface area contributed by atoms with E-state index in [-0.39, 0.29) is 32.0 Å². The van der Waals surface area contributed by atoms with E-state index in [1.807, 2.05) is 6.07 Å². The van der Waals surface area contributed by atoms with E-state index in [0.717, 1.165) is 5.56 Å². The molecule has 0 spiro atoms. The molecule has 1 fully saturated rings. The molecule has 1 aliphatic heterocycles. The van der Waals surface area contributed by atoms with Crippen LogP contribution in [0.2, 0.25) is 5.02 Å². The summed E-state index contributed by atoms with van der Waals surface area (Å²) in [7, 11) is -2.18. The molecule has 0 unspecified atom stereocenters. The van der Waals surface area contributed by atoms with Crippen molar-refractivity contribution in [1.82, 2.24) is 14.9 Å². The zero-order valence-electron chi connectivity index (χ0n) is 15.4. The molecule has 2 N–H and O–H groups in total. The number of guanidine groups is 1. The smallest absolute Gasteiger partial charge is 0.496 e. The molecule has 1 saturated heterocycles. The van der Waals surface area contributed by atoms with E-state index in [9.17, 15) is 21.6 Å². The number of methoxy groups -OCH3 is 1. The van der Waals surface area contributed by atoms with Crippen molar-refractivity contribution < 1.29 is 26.3 Å². The number of benzene rings is 1. The van der Waals surface area contributed by atoms with Crippen molar-refractivity contribution in [2.75, 3.05) is 27.2 Å². The first-order chi connectivity index (χ1) is 13.1. The predicted molar refractivity (Wildman–Crippen MR) is 101 cm³/mol. The van der Waals surface area contributed by atoms with E-state index in [1.54, 1.807) is 19.2 Å². The van der Waals surface area contributed by atoms with Gasteiger partial charge in [0.15, 0.2) is 5.96 Å². The molecule has 1 heterocycles. The van der Waals surface area contributed by atoms with Crippen molar-refractivity contribution in [2.24, 2.45) is 4.99 Å². The van der Waals surface area contributed by atoms with E-state index in [4.69, 9.17) is 16.3 Å². The van der Waals surface area contributed by atoms with Crippen LogP contribution in [0.4, 0.5) is 13.2 Å². The summed E-state index contributed by atoms with van der Waals surface area (Å²) in [5, 5.41) is 6.75. The van der Waals surface area contributed by atoms with Gasteiger partial charge in [-0.05, 0) is 25.0 Å². The lowest BCUT2D eigenvalue weighted by molar-refractivity contribution is -0.0494. The number of nitrogens with one attached hydrogen (secondary N) is 2. The number of rotatable bonds is 5. The number of sulfonamides is 1. The molecular weight excluding hydrogens is 421 g/mol. The molecule has 0 radical (unpaired) electrons. The van der Waals surface area contributed by atoms with Crippen LogP contribution in [0.25, 0.3) is 0 Å². The molecule has 12 heteroatoms. The molecular formula is C16H22ClF3N4O3S. The summed E-state index contributed by atoms with van der Waals surface area (Å²) in [5.74, 6) is 1.07. The van der Waals surface area contributed by atoms with Gasteiger partial charge >= 0.3 is 15.5 Å². The first-order valence-corrected chi connectivity index (χ1v) is 10.3. The van der Waals surface area contributed by atoms with Crippen LogP contribution < -0.4 is 15.4 Å². The van der Waals surface area contributed by atoms with Gasteiger partial charge in [0.1, 0.15) is 5.75 Å². The summed E-state index contributed by atoms with van der Waals surface area (Å²) >= 11 is 5.93. The topological polar surface area (TPSA) is 83.0 Å². The standard InChI is InChI=1S/C16H22ClF3N4O3S/c1-21-15(22-10-11-3-4-12(17)9-14(11)27-2)23-13-5-7-24(8-6-13)28(25,26)16(18,19)20/h3-4,9,13H,5-8,10H2,1-2H3,(H2,21,22,23). The van der Waals surface area contributed by atoms with Crippen LogP contribution in [0, 0.1) is 0 Å². The molecule has 2 rings (SSSR count). The Morgan fingerprint density at radius 1 is 1.36 bits per heavy atom. The number of aliphatic imine (C=N–C) groups is 1. The molecule has 0 aromatic heterocycles. The van der Waals surface area contributed by atoms with Gasteiger partial charge in [-0.2, -0.15) is 17.5 Å². The maximum atomic E-state index is 12.6. The van der Waals surface area contributed by atoms with Crippen LogP contribution in [0.5, 0.6) is 5.75 Å². The minimum Gasteiger partial charge on any atom is -0.496 e. The van der Waals surface area contributed by atoms with Crippen molar-refractivity contribution in [1.29, 1.82) is 0 Å². The number of hydrogen-bond donors (Lipinski definition) is 2. The highest BCUT2D eigenvalue weighted by Gasteiger charge is 2.50. The summed E-state index contributed by atoms with van der Waals surface area (Å²) in [6.45, 7) is -0.0235. The summed E-state index contributed by atoms with van der Waals surface area (Å²) in [5.41, 5.74) is -4.43. The van der Waals surface area contributed by atoms with E-state index < -0.39 is 15.5 Å². The van der Waals surface area contributed by atoms with Crippen LogP contribution in [0.3, 0.4) is 0 Å². The average Bonchev–Trinajstić information content (AvgIpc) is 2.65. The van der Waals surface area contributed by atoms with E-state index >= 15 is 0 Å². The van der Waals surface area contributed by atoms with Crippen molar-refractivity contribution in [3.8, 4) is 5.75 Å². The molecule has 1 aromatic carbocycles. The molecule has 0 atom stereocenters. The third kappa shape index (κ3) is 5.42. The molecule has 7 nitrogen and oxygen atoms in total. The highest BCUT2D eigenvalue weighted by atomic mass is 35.5. The number of nitrogens with zero attached hydrogens (tertiary/aromatic N) is 2. The van der Waals surface area contributed by atoms with Gasteiger partial charge in [0.2, 0.25) is 0 Å². The Morgan fingerprint density at radius 2 is 2.00 bits per heavy atom. The fourth-order valence-electron chi connectivity index (χ4n) is 2.82. The predicted octanol–water partition coefficient (Wildman–Crippen LogP) is 2.33. The Balaban J connectivity index is 1.90. The molecule has 0 saturated carbocycles. The van der Waals surface area contributed by atoms with Gasteiger partial charge in [0.05, 0.1) is 7.11 Å². The summed E-state index contributed by atoms with van der Waals surface area (Å²) in [6, 6.07) is 5.03. The Labute approximate surface area is 167 Å². The number of ether oxygens (including phenoxy) is 1. The van der Waals surface area contributed by atoms with Crippen LogP contribution in [0.1, 0.15) is 18.4 Å². The summed E-state index contributed by atoms with van der Waals surface area (Å²) < 4.78 is 66.6. The third-order valence-electron chi connectivity index (χ3n) is 4.35. The lowest BCUT2D eigenvalue weighted by atomic mass is 10.1. The van der Waals surface area contributed by atoms with Crippen LogP contribution in [-0.2, 0) is 16.6 Å². The second-order valence-electron chi connectivity index (χ2n) is 6.15. The minimum atomic E-state index is -5.28. The summed E-state index contributed by atoms with van der Waals surface area (Å²) in [6.07, 6.45) is 0.473. The average molecular weight is 443 g/mol. The van der Waals surface area contributed by atoms with Gasteiger partial charge in [0.25, 0.3) is 0 Å². The highest BCUT2D eigenvalue weighted by molar-refractivity contribution is 7.90. The normalized spacial score (nSPS) is 17.4. The summed E-state index contributed by atoms with van der Waals surface area (Å²) in [4.78, 5) is 4.09. The van der Waals surface area contributed by atoms with Crippen molar-refractivity contribution >= 4 is 27.6 Å². The largest absolute Gasteiger partial charge is 0.511 e. The molecule has 1 aliphatic rings. The van der Waals surface area contributed by atoms with Crippen LogP contribution in [-0.4, -0.2) is 57.5 Å². The second-order valence-corrected chi connectivity index (χ2v) is 8.52. The fraction of sp³-hybridized carbons (Fsp3) is 0.562. The van der Waals surface area contributed by atoms with Gasteiger partial charge in [0, 0.05) is 43.3 Å². The molecule has 0 bridgehead atoms. The molecule has 28 heavy (non-hydrogen) atoms. The first-order valence-electron chi connectivity index (χ1n) is 8.44. The lowest BCUT2D eigenvalue weighted by Crippen LogP contribution is -2.51. The van der Waals surface area contributed by atoms with Gasteiger partial charge in [-0.3, -0.25) is 4.99 Å². The molecule has 1 aromatic rings. The first kappa shape index (κ1) is 22.6. The van der Waals surface area contributed by atoms with Crippen molar-refractivity contribution in [3.05, 3.63) is 28.8 Å². The monoisotopic (exact) mass is 442 g/mol. The van der Waals surface area contributed by atoms with Crippen LogP contribution >= 0.6 is 11.6 Å². The SMILES string of the molecule is CN=C(NCc1ccc(Cl)cc1OC)NC1CCN(S(=O)(=O)C(F)(F)F)CC1. The van der Waals surface area contributed by atoms with Crippen LogP contribution in [0.15, 0.2) is 23.2 Å². The Bertz CT molecular complexity index is 810. The zero-order valence-corrected chi connectivity index (χ0v) is 17.0. The van der Waals surface area contributed by atoms with Gasteiger partial charge in [-0.25, -0.2) is 8.42 Å². The van der Waals surface area contributed by atoms with Gasteiger partial charge in [-0.1, -0.05) is 17.7 Å². The molecule has 0 amide bonds. The van der Waals surface area contributed by atoms with Gasteiger partial charge < -0.3 is 15.4 Å². The zero-order chi connectivity index (χ0) is 20.9. The molecule has 158 valence electrons. The third-order valence-corrected chi connectivity index (χ3v) is 6.21. The van der Waals surface area contributed by atoms with E-state index in [2.05, 4.69) is 15.6 Å². The van der Waals surface area contributed by atoms with Crippen molar-refractivity contribution in [2.45, 2.75) is 30.9 Å². The number of piperidine rings is 1. The van der Waals surface area contributed by atoms with E-state index in [0.29, 0.717) is 27.6 Å². The minimum absolute atomic E-state index is 0.196.